The number of hydrogen-bond acceptors (Lipinski definition) is 2. The zero-order valence-corrected chi connectivity index (χ0v) is 10.8. The number of hydrogen-bond donors (Lipinski definition) is 2. The van der Waals surface area contributed by atoms with Crippen LogP contribution >= 0.6 is 0 Å². The number of aliphatic carboxylic acids is 1. The topological polar surface area (TPSA) is 49.3 Å². The number of carbonyl (C=O) groups is 1. The van der Waals surface area contributed by atoms with Gasteiger partial charge in [-0.2, -0.15) is 0 Å². The molecule has 2 aliphatic rings. The van der Waals surface area contributed by atoms with Crippen LogP contribution in [0.25, 0.3) is 0 Å². The minimum atomic E-state index is -0.807. The number of nitrogens with one attached hydrogen (secondary N) is 1. The first-order chi connectivity index (χ1) is 8.55. The lowest BCUT2D eigenvalue weighted by Gasteiger charge is -2.34. The highest BCUT2D eigenvalue weighted by molar-refractivity contribution is 5.74. The molecule has 0 saturated carbocycles. The molecule has 0 aromatic heterocycles. The SMILES string of the molecule is CNC(CC1=C[C@]2(C)C=CC=CC2C=C1)C(=O)O. The van der Waals surface area contributed by atoms with Crippen molar-refractivity contribution in [1.29, 1.82) is 0 Å². The Morgan fingerprint density at radius 3 is 2.94 bits per heavy atom. The Bertz CT molecular complexity index is 459. The van der Waals surface area contributed by atoms with E-state index in [4.69, 9.17) is 5.11 Å². The van der Waals surface area contributed by atoms with Crippen LogP contribution in [0, 0.1) is 11.3 Å². The smallest absolute Gasteiger partial charge is 0.321 e. The summed E-state index contributed by atoms with van der Waals surface area (Å²) in [7, 11) is 1.68. The monoisotopic (exact) mass is 245 g/mol. The predicted molar refractivity (Wildman–Crippen MR) is 72.2 cm³/mol. The van der Waals surface area contributed by atoms with Gasteiger partial charge in [0.05, 0.1) is 0 Å². The molecule has 2 aliphatic carbocycles. The van der Waals surface area contributed by atoms with Gasteiger partial charge in [-0.1, -0.05) is 49.5 Å². The van der Waals surface area contributed by atoms with Crippen LogP contribution in [0.4, 0.5) is 0 Å². The molecule has 0 bridgehead atoms. The van der Waals surface area contributed by atoms with Crippen LogP contribution in [0.15, 0.2) is 48.1 Å². The molecule has 0 amide bonds. The highest BCUT2D eigenvalue weighted by Crippen LogP contribution is 2.40. The lowest BCUT2D eigenvalue weighted by molar-refractivity contribution is -0.139. The van der Waals surface area contributed by atoms with E-state index in [2.05, 4.69) is 48.7 Å². The Morgan fingerprint density at radius 1 is 1.50 bits per heavy atom. The summed E-state index contributed by atoms with van der Waals surface area (Å²) in [6, 6.07) is -0.524. The van der Waals surface area contributed by atoms with Gasteiger partial charge in [0.25, 0.3) is 0 Å². The maximum Gasteiger partial charge on any atom is 0.321 e. The number of rotatable bonds is 4. The van der Waals surface area contributed by atoms with E-state index in [1.807, 2.05) is 6.08 Å². The molecule has 0 aliphatic heterocycles. The number of carboxylic acids is 1. The summed E-state index contributed by atoms with van der Waals surface area (Å²) in [4.78, 5) is 11.0. The first-order valence-corrected chi connectivity index (χ1v) is 6.21. The molecular weight excluding hydrogens is 226 g/mol. The molecule has 2 rings (SSSR count). The lowest BCUT2D eigenvalue weighted by Crippen LogP contribution is -2.34. The molecule has 18 heavy (non-hydrogen) atoms. The van der Waals surface area contributed by atoms with Crippen molar-refractivity contribution in [2.75, 3.05) is 7.05 Å². The van der Waals surface area contributed by atoms with Crippen LogP contribution in [0.2, 0.25) is 0 Å². The first kappa shape index (κ1) is 12.8. The Morgan fingerprint density at radius 2 is 2.28 bits per heavy atom. The van der Waals surface area contributed by atoms with E-state index in [0.717, 1.165) is 5.57 Å². The Balaban J connectivity index is 2.16. The molecule has 0 radical (unpaired) electrons. The van der Waals surface area contributed by atoms with E-state index in [0.29, 0.717) is 12.3 Å². The van der Waals surface area contributed by atoms with E-state index in [9.17, 15) is 4.79 Å². The number of fused-ring (bicyclic) bond motifs is 1. The summed E-state index contributed by atoms with van der Waals surface area (Å²) in [5, 5.41) is 11.9. The van der Waals surface area contributed by atoms with E-state index < -0.39 is 12.0 Å². The fraction of sp³-hybridized carbons (Fsp3) is 0.400. The summed E-state index contributed by atoms with van der Waals surface area (Å²) >= 11 is 0. The van der Waals surface area contributed by atoms with Gasteiger partial charge < -0.3 is 10.4 Å². The Labute approximate surface area is 108 Å². The van der Waals surface area contributed by atoms with Crippen molar-refractivity contribution >= 4 is 5.97 Å². The second-order valence-corrected chi connectivity index (χ2v) is 5.10. The minimum absolute atomic E-state index is 0.0182. The van der Waals surface area contributed by atoms with Crippen LogP contribution in [0.5, 0.6) is 0 Å². The molecule has 0 aromatic carbocycles. The standard InChI is InChI=1S/C15H19NO2/c1-15-8-4-3-5-12(15)7-6-11(10-15)9-13(16-2)14(17)18/h3-8,10,12-13,16H,9H2,1-2H3,(H,17,18)/t12?,13?,15-/m0/s1. The average molecular weight is 245 g/mol. The van der Waals surface area contributed by atoms with Crippen LogP contribution in [0.3, 0.4) is 0 Å². The maximum atomic E-state index is 11.0. The van der Waals surface area contributed by atoms with Crippen LogP contribution < -0.4 is 5.32 Å². The molecule has 0 heterocycles. The van der Waals surface area contributed by atoms with Gasteiger partial charge in [0, 0.05) is 11.3 Å². The molecule has 96 valence electrons. The van der Waals surface area contributed by atoms with Crippen LogP contribution in [-0.4, -0.2) is 24.2 Å². The summed E-state index contributed by atoms with van der Waals surface area (Å²) in [5.41, 5.74) is 1.06. The second-order valence-electron chi connectivity index (χ2n) is 5.10. The zero-order valence-electron chi connectivity index (χ0n) is 10.8. The zero-order chi connectivity index (χ0) is 13.2. The van der Waals surface area contributed by atoms with Gasteiger partial charge in [-0.25, -0.2) is 0 Å². The highest BCUT2D eigenvalue weighted by atomic mass is 16.4. The molecular formula is C15H19NO2. The quantitative estimate of drug-likeness (QED) is 0.799. The third-order valence-electron chi connectivity index (χ3n) is 3.70. The molecule has 3 nitrogen and oxygen atoms in total. The third kappa shape index (κ3) is 2.46. The van der Waals surface area contributed by atoms with Crippen molar-refractivity contribution in [3.63, 3.8) is 0 Å². The normalized spacial score (nSPS) is 30.8. The van der Waals surface area contributed by atoms with E-state index >= 15 is 0 Å². The molecule has 0 spiro atoms. The summed E-state index contributed by atoms with van der Waals surface area (Å²) in [6.07, 6.45) is 15.4. The van der Waals surface area contributed by atoms with Crippen molar-refractivity contribution in [2.24, 2.45) is 11.3 Å². The second kappa shape index (κ2) is 4.94. The van der Waals surface area contributed by atoms with E-state index in [1.165, 1.54) is 0 Å². The third-order valence-corrected chi connectivity index (χ3v) is 3.70. The van der Waals surface area contributed by atoms with Crippen molar-refractivity contribution in [1.82, 2.24) is 5.32 Å². The number of carboxylic acid groups (broad SMARTS) is 1. The van der Waals surface area contributed by atoms with Gasteiger partial charge >= 0.3 is 5.97 Å². The summed E-state index contributed by atoms with van der Waals surface area (Å²) in [6.45, 7) is 2.18. The van der Waals surface area contributed by atoms with Gasteiger partial charge in [-0.05, 0) is 19.0 Å². The number of likely N-dealkylation sites (N-methyl/N-ethyl adjacent to an activating group) is 1. The van der Waals surface area contributed by atoms with Gasteiger partial charge in [-0.15, -0.1) is 0 Å². The van der Waals surface area contributed by atoms with Crippen molar-refractivity contribution < 1.29 is 9.90 Å². The fourth-order valence-corrected chi connectivity index (χ4v) is 2.53. The first-order valence-electron chi connectivity index (χ1n) is 6.21. The van der Waals surface area contributed by atoms with Gasteiger partial charge in [0.1, 0.15) is 6.04 Å². The predicted octanol–water partition coefficient (Wildman–Crippen LogP) is 2.29. The van der Waals surface area contributed by atoms with Crippen LogP contribution in [0.1, 0.15) is 13.3 Å². The van der Waals surface area contributed by atoms with Crippen LogP contribution in [-0.2, 0) is 4.79 Å². The van der Waals surface area contributed by atoms with Gasteiger partial charge in [-0.3, -0.25) is 4.79 Å². The lowest BCUT2D eigenvalue weighted by atomic mass is 9.70. The molecule has 2 unspecified atom stereocenters. The van der Waals surface area contributed by atoms with Crippen molar-refractivity contribution in [2.45, 2.75) is 19.4 Å². The largest absolute Gasteiger partial charge is 0.480 e. The summed E-state index contributed by atoms with van der Waals surface area (Å²) in [5.74, 6) is -0.428. The number of allylic oxidation sites excluding steroid dienone is 7. The fourth-order valence-electron chi connectivity index (χ4n) is 2.53. The molecule has 0 fully saturated rings. The van der Waals surface area contributed by atoms with Gasteiger partial charge in [0.15, 0.2) is 0 Å². The molecule has 3 atom stereocenters. The van der Waals surface area contributed by atoms with Crippen molar-refractivity contribution in [3.05, 3.63) is 48.1 Å². The molecule has 3 heteroatoms. The summed E-state index contributed by atoms with van der Waals surface area (Å²) < 4.78 is 0. The molecule has 0 aromatic rings. The van der Waals surface area contributed by atoms with Crippen molar-refractivity contribution in [3.8, 4) is 0 Å². The minimum Gasteiger partial charge on any atom is -0.480 e. The average Bonchev–Trinajstić information content (AvgIpc) is 2.34. The van der Waals surface area contributed by atoms with E-state index in [-0.39, 0.29) is 5.41 Å². The van der Waals surface area contributed by atoms with Gasteiger partial charge in [0.2, 0.25) is 0 Å². The Kier molecular flexibility index (Phi) is 3.53. The highest BCUT2D eigenvalue weighted by Gasteiger charge is 2.31. The molecule has 2 N–H and O–H groups in total. The Hall–Kier alpha value is -1.61. The van der Waals surface area contributed by atoms with E-state index in [1.54, 1.807) is 7.05 Å². The maximum absolute atomic E-state index is 11.0. The molecule has 0 saturated heterocycles.